The topological polar surface area (TPSA) is 35.5 Å². The van der Waals surface area contributed by atoms with Gasteiger partial charge in [0.25, 0.3) is 0 Å². The fraction of sp³-hybridized carbons (Fsp3) is 0.727. The van der Waals surface area contributed by atoms with Crippen molar-refractivity contribution in [3.05, 3.63) is 30.3 Å². The van der Waals surface area contributed by atoms with Gasteiger partial charge in [-0.1, -0.05) is 96.3 Å². The quantitative estimate of drug-likeness (QED) is 0.202. The highest BCUT2D eigenvalue weighted by molar-refractivity contribution is 7.54. The smallest absolute Gasteiger partial charge is 0.379 e. The van der Waals surface area contributed by atoms with Gasteiger partial charge >= 0.3 is 7.60 Å². The van der Waals surface area contributed by atoms with Gasteiger partial charge < -0.3 is 4.52 Å². The molecule has 0 radical (unpaired) electrons. The van der Waals surface area contributed by atoms with Gasteiger partial charge in [-0.25, -0.2) is 4.57 Å². The van der Waals surface area contributed by atoms with Crippen LogP contribution in [0, 0.1) is 0 Å². The van der Waals surface area contributed by atoms with E-state index in [9.17, 15) is 4.57 Å². The molecule has 1 rings (SSSR count). The van der Waals surface area contributed by atoms with Crippen molar-refractivity contribution >= 4 is 7.60 Å². The van der Waals surface area contributed by atoms with E-state index in [0.717, 1.165) is 25.7 Å². The first kappa shape index (κ1) is 23.2. The molecule has 4 heteroatoms. The molecule has 0 saturated carbocycles. The van der Waals surface area contributed by atoms with Crippen LogP contribution < -0.4 is 4.52 Å². The van der Waals surface area contributed by atoms with E-state index in [2.05, 4.69) is 13.8 Å². The lowest BCUT2D eigenvalue weighted by Gasteiger charge is -2.19. The van der Waals surface area contributed by atoms with Gasteiger partial charge in [-0.15, -0.1) is 0 Å². The Morgan fingerprint density at radius 1 is 0.731 bits per heavy atom. The second-order valence-electron chi connectivity index (χ2n) is 7.11. The zero-order valence-electron chi connectivity index (χ0n) is 17.0. The van der Waals surface area contributed by atoms with Crippen LogP contribution in [0.2, 0.25) is 0 Å². The third-order valence-electron chi connectivity index (χ3n) is 4.56. The molecule has 26 heavy (non-hydrogen) atoms. The Hall–Kier alpha value is -0.790. The number of para-hydroxylation sites is 1. The van der Waals surface area contributed by atoms with Crippen LogP contribution >= 0.6 is 7.60 Å². The van der Waals surface area contributed by atoms with Crippen molar-refractivity contribution < 1.29 is 13.6 Å². The largest absolute Gasteiger partial charge is 0.424 e. The molecule has 0 spiro atoms. The summed E-state index contributed by atoms with van der Waals surface area (Å²) in [7, 11) is -3.03. The summed E-state index contributed by atoms with van der Waals surface area (Å²) in [4.78, 5) is 0. The van der Waals surface area contributed by atoms with Crippen molar-refractivity contribution in [2.75, 3.05) is 12.8 Å². The van der Waals surface area contributed by atoms with Gasteiger partial charge in [-0.05, 0) is 25.0 Å². The average Bonchev–Trinajstić information content (AvgIpc) is 2.65. The lowest BCUT2D eigenvalue weighted by Crippen LogP contribution is -2.04. The lowest BCUT2D eigenvalue weighted by atomic mass is 10.1. The highest BCUT2D eigenvalue weighted by Gasteiger charge is 2.25. The van der Waals surface area contributed by atoms with Crippen LogP contribution in [0.15, 0.2) is 30.3 Å². The monoisotopic (exact) mass is 382 g/mol. The molecular formula is C22H39O3P. The van der Waals surface area contributed by atoms with Crippen molar-refractivity contribution in [1.29, 1.82) is 0 Å². The highest BCUT2D eigenvalue weighted by atomic mass is 31.2. The number of rotatable bonds is 17. The minimum Gasteiger partial charge on any atom is -0.424 e. The summed E-state index contributed by atoms with van der Waals surface area (Å²) >= 11 is 0. The molecule has 1 atom stereocenters. The molecule has 150 valence electrons. The SMILES string of the molecule is CCCCCCCCCCCCOP(=O)(CCCC)Oc1ccccc1. The zero-order valence-corrected chi connectivity index (χ0v) is 17.9. The molecule has 0 amide bonds. The van der Waals surface area contributed by atoms with Gasteiger partial charge in [0.2, 0.25) is 0 Å². The molecule has 0 N–H and O–H groups in total. The van der Waals surface area contributed by atoms with Crippen LogP contribution in [0.5, 0.6) is 5.75 Å². The average molecular weight is 383 g/mol. The van der Waals surface area contributed by atoms with Gasteiger partial charge in [0.15, 0.2) is 0 Å². The number of benzene rings is 1. The Kier molecular flexibility index (Phi) is 13.7. The molecule has 1 unspecified atom stereocenters. The van der Waals surface area contributed by atoms with Crippen LogP contribution in [0.3, 0.4) is 0 Å². The molecule has 0 aromatic heterocycles. The zero-order chi connectivity index (χ0) is 18.9. The minimum absolute atomic E-state index is 0.496. The molecular weight excluding hydrogens is 343 g/mol. The van der Waals surface area contributed by atoms with Gasteiger partial charge in [-0.2, -0.15) is 0 Å². The van der Waals surface area contributed by atoms with Crippen LogP contribution in [0.4, 0.5) is 0 Å². The van der Waals surface area contributed by atoms with Crippen LogP contribution in [0.25, 0.3) is 0 Å². The van der Waals surface area contributed by atoms with Gasteiger partial charge in [-0.3, -0.25) is 4.52 Å². The molecule has 0 saturated heterocycles. The maximum atomic E-state index is 13.0. The summed E-state index contributed by atoms with van der Waals surface area (Å²) in [5.74, 6) is 0.634. The number of hydrogen-bond acceptors (Lipinski definition) is 3. The summed E-state index contributed by atoms with van der Waals surface area (Å²) in [5.41, 5.74) is 0. The van der Waals surface area contributed by atoms with Gasteiger partial charge in [0.1, 0.15) is 5.75 Å². The van der Waals surface area contributed by atoms with Gasteiger partial charge in [0.05, 0.1) is 12.8 Å². The first-order valence-electron chi connectivity index (χ1n) is 10.7. The predicted molar refractivity (Wildman–Crippen MR) is 112 cm³/mol. The Balaban J connectivity index is 2.16. The molecule has 1 aromatic carbocycles. The van der Waals surface area contributed by atoms with Crippen molar-refractivity contribution in [2.24, 2.45) is 0 Å². The van der Waals surface area contributed by atoms with E-state index < -0.39 is 7.60 Å². The molecule has 0 aliphatic rings. The summed E-state index contributed by atoms with van der Waals surface area (Å²) in [6.45, 7) is 4.88. The van der Waals surface area contributed by atoms with E-state index in [0.29, 0.717) is 18.5 Å². The first-order chi connectivity index (χ1) is 12.7. The second-order valence-corrected chi connectivity index (χ2v) is 9.22. The van der Waals surface area contributed by atoms with E-state index >= 15 is 0 Å². The Bertz CT molecular complexity index is 476. The lowest BCUT2D eigenvalue weighted by molar-refractivity contribution is 0.257. The molecule has 3 nitrogen and oxygen atoms in total. The minimum atomic E-state index is -3.03. The Morgan fingerprint density at radius 2 is 1.27 bits per heavy atom. The predicted octanol–water partition coefficient (Wildman–Crippen LogP) is 8.00. The fourth-order valence-electron chi connectivity index (χ4n) is 2.92. The molecule has 0 fully saturated rings. The Labute approximate surface area is 161 Å². The van der Waals surface area contributed by atoms with Gasteiger partial charge in [0, 0.05) is 0 Å². The normalized spacial score (nSPS) is 13.5. The third-order valence-corrected chi connectivity index (χ3v) is 6.49. The summed E-state index contributed by atoms with van der Waals surface area (Å²) in [6.07, 6.45) is 15.2. The second kappa shape index (κ2) is 15.3. The molecule has 0 heterocycles. The maximum Gasteiger partial charge on any atom is 0.379 e. The molecule has 1 aromatic rings. The molecule has 0 bridgehead atoms. The van der Waals surface area contributed by atoms with E-state index in [-0.39, 0.29) is 0 Å². The Morgan fingerprint density at radius 3 is 1.85 bits per heavy atom. The van der Waals surface area contributed by atoms with E-state index in [1.807, 2.05) is 30.3 Å². The number of hydrogen-bond donors (Lipinski definition) is 0. The molecule has 0 aliphatic carbocycles. The van der Waals surface area contributed by atoms with Crippen molar-refractivity contribution in [3.63, 3.8) is 0 Å². The van der Waals surface area contributed by atoms with Crippen LogP contribution in [0.1, 0.15) is 90.9 Å². The summed E-state index contributed by atoms with van der Waals surface area (Å²) < 4.78 is 24.4. The van der Waals surface area contributed by atoms with E-state index in [1.54, 1.807) is 0 Å². The first-order valence-corrected chi connectivity index (χ1v) is 12.4. The van der Waals surface area contributed by atoms with Crippen LogP contribution in [-0.2, 0) is 9.09 Å². The third kappa shape index (κ3) is 11.8. The molecule has 0 aliphatic heterocycles. The van der Waals surface area contributed by atoms with E-state index in [4.69, 9.17) is 9.05 Å². The van der Waals surface area contributed by atoms with Crippen molar-refractivity contribution in [1.82, 2.24) is 0 Å². The fourth-order valence-corrected chi connectivity index (χ4v) is 4.75. The number of unbranched alkanes of at least 4 members (excludes halogenated alkanes) is 10. The summed E-state index contributed by atoms with van der Waals surface area (Å²) in [6, 6.07) is 9.38. The van der Waals surface area contributed by atoms with Crippen LogP contribution in [-0.4, -0.2) is 12.8 Å². The standard InChI is InChI=1S/C22H39O3P/c1-3-5-7-8-9-10-11-12-13-17-20-24-26(23,21-6-4-2)25-22-18-15-14-16-19-22/h14-16,18-19H,3-13,17,20-21H2,1-2H3. The van der Waals surface area contributed by atoms with Crippen molar-refractivity contribution in [3.8, 4) is 5.75 Å². The van der Waals surface area contributed by atoms with Crippen molar-refractivity contribution in [2.45, 2.75) is 90.9 Å². The summed E-state index contributed by atoms with van der Waals surface area (Å²) in [5, 5.41) is 0. The van der Waals surface area contributed by atoms with E-state index in [1.165, 1.54) is 51.4 Å². The maximum absolute atomic E-state index is 13.0. The highest BCUT2D eigenvalue weighted by Crippen LogP contribution is 2.49.